The molecule has 3 nitrogen and oxygen atoms in total. The van der Waals surface area contributed by atoms with Crippen LogP contribution in [0.1, 0.15) is 15.9 Å². The van der Waals surface area contributed by atoms with Gasteiger partial charge in [-0.2, -0.15) is 0 Å². The van der Waals surface area contributed by atoms with Gasteiger partial charge in [0.25, 0.3) is 0 Å². The van der Waals surface area contributed by atoms with Crippen molar-refractivity contribution in [2.75, 3.05) is 13.3 Å². The van der Waals surface area contributed by atoms with Gasteiger partial charge in [-0.15, -0.1) is 0 Å². The lowest BCUT2D eigenvalue weighted by molar-refractivity contribution is 0.101. The molecule has 1 heterocycles. The highest BCUT2D eigenvalue weighted by Crippen LogP contribution is 2.33. The van der Waals surface area contributed by atoms with E-state index in [1.54, 1.807) is 36.4 Å². The average Bonchev–Trinajstić information content (AvgIpc) is 2.83. The highest BCUT2D eigenvalue weighted by atomic mass is 127. The number of allylic oxidation sites excluding steroid dienone is 1. The van der Waals surface area contributed by atoms with Gasteiger partial charge < -0.3 is 9.47 Å². The number of halogens is 2. The minimum Gasteiger partial charge on any atom is -0.491 e. The lowest BCUT2D eigenvalue weighted by Gasteiger charge is -2.03. The van der Waals surface area contributed by atoms with Gasteiger partial charge in [0.15, 0.2) is 5.76 Å². The number of carbonyl (C=O) groups excluding carboxylic acids is 1. The van der Waals surface area contributed by atoms with Gasteiger partial charge in [-0.1, -0.05) is 12.1 Å². The molecule has 112 valence electrons. The first kappa shape index (κ1) is 15.0. The molecular formula is C17H12FIO3. The summed E-state index contributed by atoms with van der Waals surface area (Å²) in [5, 5.41) is 0. The van der Waals surface area contributed by atoms with Crippen molar-refractivity contribution in [2.45, 2.75) is 0 Å². The fourth-order valence-electron chi connectivity index (χ4n) is 2.13. The summed E-state index contributed by atoms with van der Waals surface area (Å²) in [4.78, 5) is 12.3. The first-order valence-electron chi connectivity index (χ1n) is 6.70. The highest BCUT2D eigenvalue weighted by Gasteiger charge is 2.27. The van der Waals surface area contributed by atoms with Crippen LogP contribution in [0.15, 0.2) is 48.2 Å². The zero-order valence-electron chi connectivity index (χ0n) is 11.5. The molecular weight excluding hydrogens is 397 g/mol. The Bertz CT molecular complexity index is 738. The van der Waals surface area contributed by atoms with E-state index in [0.717, 1.165) is 9.13 Å². The standard InChI is InChI=1S/C17H12FIO3/c18-7-8-21-13-4-1-11(2-5-13)9-16-17(20)14-10-12(19)3-6-15(14)22-16/h1-6,9-10H,7-8H2/b16-9-/i18-1. The summed E-state index contributed by atoms with van der Waals surface area (Å²) in [6.45, 7) is -0.485. The topological polar surface area (TPSA) is 35.5 Å². The van der Waals surface area contributed by atoms with Gasteiger partial charge in [0.1, 0.15) is 24.8 Å². The number of ketones is 1. The molecule has 0 saturated carbocycles. The largest absolute Gasteiger partial charge is 0.491 e. The van der Waals surface area contributed by atoms with Gasteiger partial charge in [0.05, 0.1) is 5.56 Å². The van der Waals surface area contributed by atoms with Crippen molar-refractivity contribution in [1.82, 2.24) is 0 Å². The normalized spacial score (nSPS) is 14.8. The maximum absolute atomic E-state index is 12.3. The molecule has 2 aromatic carbocycles. The van der Waals surface area contributed by atoms with E-state index in [1.165, 1.54) is 0 Å². The van der Waals surface area contributed by atoms with Gasteiger partial charge in [-0.05, 0) is 64.6 Å². The summed E-state index contributed by atoms with van der Waals surface area (Å²) >= 11 is 2.16. The van der Waals surface area contributed by atoms with Gasteiger partial charge in [-0.3, -0.25) is 4.79 Å². The number of carbonyl (C=O) groups is 1. The molecule has 0 fully saturated rings. The summed E-state index contributed by atoms with van der Waals surface area (Å²) in [6, 6.07) is 12.6. The predicted octanol–water partition coefficient (Wildman–Crippen LogP) is 4.26. The van der Waals surface area contributed by atoms with Crippen LogP contribution in [-0.2, 0) is 0 Å². The second-order valence-corrected chi connectivity index (χ2v) is 5.93. The molecule has 22 heavy (non-hydrogen) atoms. The minimum absolute atomic E-state index is 0.0377. The lowest BCUT2D eigenvalue weighted by Crippen LogP contribution is -1.99. The Hall–Kier alpha value is -1.89. The van der Waals surface area contributed by atoms with E-state index in [0.29, 0.717) is 22.8 Å². The maximum Gasteiger partial charge on any atom is 0.232 e. The molecule has 0 N–H and O–H groups in total. The molecule has 0 aromatic heterocycles. The monoisotopic (exact) mass is 409 g/mol. The average molecular weight is 409 g/mol. The molecule has 3 rings (SSSR count). The summed E-state index contributed by atoms with van der Waals surface area (Å²) in [6.07, 6.45) is 1.69. The summed E-state index contributed by atoms with van der Waals surface area (Å²) in [7, 11) is 0. The number of hydrogen-bond donors (Lipinski definition) is 0. The van der Waals surface area contributed by atoms with Crippen LogP contribution in [0.3, 0.4) is 0 Å². The molecule has 0 unspecified atom stereocenters. The van der Waals surface area contributed by atoms with Gasteiger partial charge >= 0.3 is 0 Å². The third-order valence-electron chi connectivity index (χ3n) is 3.15. The van der Waals surface area contributed by atoms with Crippen LogP contribution in [0, 0.1) is 3.57 Å². The van der Waals surface area contributed by atoms with Gasteiger partial charge in [-0.25, -0.2) is 4.39 Å². The molecule has 0 atom stereocenters. The zero-order chi connectivity index (χ0) is 15.5. The van der Waals surface area contributed by atoms with Crippen molar-refractivity contribution >= 4 is 34.5 Å². The third-order valence-corrected chi connectivity index (χ3v) is 3.82. The molecule has 0 aliphatic carbocycles. The summed E-state index contributed by atoms with van der Waals surface area (Å²) < 4.78 is 23.8. The smallest absolute Gasteiger partial charge is 0.232 e. The van der Waals surface area contributed by atoms with E-state index < -0.39 is 6.67 Å². The van der Waals surface area contributed by atoms with Crippen molar-refractivity contribution in [2.24, 2.45) is 0 Å². The second kappa shape index (κ2) is 6.48. The van der Waals surface area contributed by atoms with Crippen molar-refractivity contribution in [3.05, 3.63) is 62.9 Å². The maximum atomic E-state index is 12.3. The molecule has 0 bridgehead atoms. The van der Waals surface area contributed by atoms with Crippen molar-refractivity contribution < 1.29 is 18.7 Å². The van der Waals surface area contributed by atoms with Crippen molar-refractivity contribution in [1.29, 1.82) is 0 Å². The first-order chi connectivity index (χ1) is 10.7. The molecule has 0 spiro atoms. The fourth-order valence-corrected chi connectivity index (χ4v) is 2.62. The van der Waals surface area contributed by atoms with Crippen LogP contribution < -0.4 is 9.47 Å². The van der Waals surface area contributed by atoms with Gasteiger partial charge in [0.2, 0.25) is 5.78 Å². The van der Waals surface area contributed by atoms with E-state index in [9.17, 15) is 9.18 Å². The number of ether oxygens (including phenoxy) is 2. The number of alkyl halides is 1. The van der Waals surface area contributed by atoms with Gasteiger partial charge in [0, 0.05) is 3.57 Å². The molecule has 1 aliphatic heterocycles. The molecule has 2 aromatic rings. The second-order valence-electron chi connectivity index (χ2n) is 4.69. The first-order valence-corrected chi connectivity index (χ1v) is 7.78. The third kappa shape index (κ3) is 3.14. The SMILES string of the molecule is O=C1/C(=C/c2ccc(OCC[18F])cc2)Oc2ccc(I)cc21. The molecule has 0 amide bonds. The number of rotatable bonds is 4. The Kier molecular flexibility index (Phi) is 4.42. The molecule has 1 aliphatic rings. The van der Waals surface area contributed by atoms with Crippen molar-refractivity contribution in [3.63, 3.8) is 0 Å². The molecule has 0 saturated heterocycles. The summed E-state index contributed by atoms with van der Waals surface area (Å²) in [5.41, 5.74) is 1.40. The Balaban J connectivity index is 1.80. The van der Waals surface area contributed by atoms with E-state index in [1.807, 2.05) is 12.1 Å². The zero-order valence-corrected chi connectivity index (χ0v) is 13.7. The molecule has 0 radical (unpaired) electrons. The predicted molar refractivity (Wildman–Crippen MR) is 90.0 cm³/mol. The van der Waals surface area contributed by atoms with Crippen LogP contribution in [0.25, 0.3) is 6.08 Å². The Morgan fingerprint density at radius 1 is 1.18 bits per heavy atom. The van der Waals surface area contributed by atoms with E-state index in [4.69, 9.17) is 9.47 Å². The van der Waals surface area contributed by atoms with Crippen LogP contribution in [-0.4, -0.2) is 19.1 Å². The Morgan fingerprint density at radius 2 is 1.95 bits per heavy atom. The highest BCUT2D eigenvalue weighted by molar-refractivity contribution is 14.1. The number of benzene rings is 2. The van der Waals surface area contributed by atoms with Crippen LogP contribution in [0.5, 0.6) is 11.5 Å². The number of Topliss-reactive ketones (excluding diaryl/α,β-unsaturated/α-hetero) is 1. The lowest BCUT2D eigenvalue weighted by atomic mass is 10.1. The van der Waals surface area contributed by atoms with Crippen molar-refractivity contribution in [3.8, 4) is 11.5 Å². The summed E-state index contributed by atoms with van der Waals surface area (Å²) in [5.74, 6) is 1.36. The quantitative estimate of drug-likeness (QED) is 0.560. The molecule has 5 heteroatoms. The van der Waals surface area contributed by atoms with Crippen LogP contribution in [0.2, 0.25) is 0 Å². The Morgan fingerprint density at radius 3 is 2.68 bits per heavy atom. The van der Waals surface area contributed by atoms with Crippen LogP contribution >= 0.6 is 22.6 Å². The fraction of sp³-hybridized carbons (Fsp3) is 0.118. The van der Waals surface area contributed by atoms with E-state index in [2.05, 4.69) is 22.6 Å². The minimum atomic E-state index is -0.523. The van der Waals surface area contributed by atoms with E-state index in [-0.39, 0.29) is 12.4 Å². The number of hydrogen-bond acceptors (Lipinski definition) is 3. The number of fused-ring (bicyclic) bond motifs is 1. The van der Waals surface area contributed by atoms with E-state index >= 15 is 0 Å². The Labute approximate surface area is 140 Å². The van der Waals surface area contributed by atoms with Crippen LogP contribution in [0.4, 0.5) is 4.39 Å².